The number of nitrogens with zero attached hydrogens (tertiary/aromatic N) is 2. The summed E-state index contributed by atoms with van der Waals surface area (Å²) >= 11 is 12.0. The van der Waals surface area contributed by atoms with Gasteiger partial charge in [-0.2, -0.15) is 10.2 Å². The predicted molar refractivity (Wildman–Crippen MR) is 114 cm³/mol. The number of benzene rings is 1. The average molecular weight is 421 g/mol. The van der Waals surface area contributed by atoms with Gasteiger partial charge in [-0.15, -0.1) is 0 Å². The van der Waals surface area contributed by atoms with E-state index in [0.29, 0.717) is 21.3 Å². The normalized spacial score (nSPS) is 16.2. The van der Waals surface area contributed by atoms with E-state index in [-0.39, 0.29) is 5.91 Å². The van der Waals surface area contributed by atoms with E-state index in [1.807, 2.05) is 0 Å². The molecule has 150 valence electrons. The Morgan fingerprint density at radius 3 is 2.43 bits per heavy atom. The van der Waals surface area contributed by atoms with Gasteiger partial charge in [0, 0.05) is 21.8 Å². The Bertz CT molecular complexity index is 832. The number of carbonyl (C=O) groups excluding carboxylic acids is 1. The zero-order valence-corrected chi connectivity index (χ0v) is 17.5. The highest BCUT2D eigenvalue weighted by molar-refractivity contribution is 6.36. The second kappa shape index (κ2) is 10.6. The number of aromatic nitrogens is 2. The third-order valence-corrected chi connectivity index (χ3v) is 5.67. The van der Waals surface area contributed by atoms with E-state index in [1.54, 1.807) is 18.2 Å². The molecule has 1 aromatic carbocycles. The molecule has 3 rings (SSSR count). The topological polar surface area (TPSA) is 70.1 Å². The van der Waals surface area contributed by atoms with Gasteiger partial charge in [0.2, 0.25) is 0 Å². The van der Waals surface area contributed by atoms with Gasteiger partial charge in [-0.3, -0.25) is 9.89 Å². The Balaban J connectivity index is 1.68. The number of aromatic amines is 1. The van der Waals surface area contributed by atoms with Crippen molar-refractivity contribution in [1.82, 2.24) is 15.6 Å². The summed E-state index contributed by atoms with van der Waals surface area (Å²) in [5.41, 5.74) is 5.84. The fourth-order valence-electron chi connectivity index (χ4n) is 3.55. The molecule has 0 saturated carbocycles. The number of amides is 1. The van der Waals surface area contributed by atoms with Crippen LogP contribution in [0, 0.1) is 0 Å². The SMILES string of the molecule is O=C(N/N=C/c1ccc(Cl)cc1Cl)c1n[nH]c2c1CCCCCCCCCC2. The molecule has 2 aromatic rings. The third kappa shape index (κ3) is 5.82. The molecule has 1 amide bonds. The predicted octanol–water partition coefficient (Wildman–Crippen LogP) is 5.70. The monoisotopic (exact) mass is 420 g/mol. The molecule has 5 nitrogen and oxygen atoms in total. The number of halogens is 2. The van der Waals surface area contributed by atoms with E-state index in [0.717, 1.165) is 36.9 Å². The Kier molecular flexibility index (Phi) is 7.92. The summed E-state index contributed by atoms with van der Waals surface area (Å²) in [6.45, 7) is 0. The highest BCUT2D eigenvalue weighted by atomic mass is 35.5. The number of fused-ring (bicyclic) bond motifs is 1. The first-order valence-electron chi connectivity index (χ1n) is 9.99. The molecule has 0 radical (unpaired) electrons. The minimum absolute atomic E-state index is 0.300. The molecular weight excluding hydrogens is 395 g/mol. The maximum absolute atomic E-state index is 12.6. The van der Waals surface area contributed by atoms with Crippen LogP contribution in [0.1, 0.15) is 78.7 Å². The van der Waals surface area contributed by atoms with E-state index >= 15 is 0 Å². The third-order valence-electron chi connectivity index (χ3n) is 5.10. The van der Waals surface area contributed by atoms with Crippen molar-refractivity contribution in [2.24, 2.45) is 5.10 Å². The standard InChI is InChI=1S/C21H26Cl2N4O/c22-16-12-11-15(18(23)13-16)14-24-27-21(28)20-17-9-7-5-3-1-2-4-6-8-10-19(17)25-26-20/h11-14H,1-10H2,(H,25,26)(H,27,28)/b24-14+. The second-order valence-corrected chi connectivity index (χ2v) is 8.07. The molecule has 7 heteroatoms. The lowest BCUT2D eigenvalue weighted by atomic mass is 9.98. The first kappa shape index (κ1) is 20.9. The smallest absolute Gasteiger partial charge is 0.281 e. The number of nitrogens with one attached hydrogen (secondary N) is 2. The van der Waals surface area contributed by atoms with Gasteiger partial charge in [0.05, 0.1) is 11.2 Å². The molecule has 1 aliphatic rings. The zero-order chi connectivity index (χ0) is 19.8. The molecule has 1 heterocycles. The highest BCUT2D eigenvalue weighted by Crippen LogP contribution is 2.21. The molecule has 1 aromatic heterocycles. The van der Waals surface area contributed by atoms with Gasteiger partial charge in [-0.05, 0) is 37.8 Å². The quantitative estimate of drug-likeness (QED) is 0.493. The zero-order valence-electron chi connectivity index (χ0n) is 15.9. The molecule has 0 saturated heterocycles. The van der Waals surface area contributed by atoms with Crippen molar-refractivity contribution in [2.45, 2.75) is 64.2 Å². The van der Waals surface area contributed by atoms with E-state index in [4.69, 9.17) is 23.2 Å². The molecule has 1 aliphatic carbocycles. The first-order chi connectivity index (χ1) is 13.6. The van der Waals surface area contributed by atoms with Gasteiger partial charge in [0.15, 0.2) is 5.69 Å². The summed E-state index contributed by atoms with van der Waals surface area (Å²) in [5, 5.41) is 12.4. The Hall–Kier alpha value is -1.85. The van der Waals surface area contributed by atoms with Crippen LogP contribution in [0.2, 0.25) is 10.0 Å². The maximum Gasteiger partial charge on any atom is 0.292 e. The maximum atomic E-state index is 12.6. The van der Waals surface area contributed by atoms with Gasteiger partial charge >= 0.3 is 0 Å². The van der Waals surface area contributed by atoms with Crippen LogP contribution in [0.4, 0.5) is 0 Å². The lowest BCUT2D eigenvalue weighted by Crippen LogP contribution is -2.20. The molecule has 0 atom stereocenters. The molecule has 2 N–H and O–H groups in total. The fraction of sp³-hybridized carbons (Fsp3) is 0.476. The Morgan fingerprint density at radius 1 is 1.04 bits per heavy atom. The minimum Gasteiger partial charge on any atom is -0.281 e. The van der Waals surface area contributed by atoms with E-state index in [9.17, 15) is 4.79 Å². The highest BCUT2D eigenvalue weighted by Gasteiger charge is 2.19. The van der Waals surface area contributed by atoms with Gasteiger partial charge < -0.3 is 0 Å². The van der Waals surface area contributed by atoms with E-state index in [1.165, 1.54) is 44.7 Å². The molecule has 28 heavy (non-hydrogen) atoms. The Morgan fingerprint density at radius 2 is 1.71 bits per heavy atom. The first-order valence-corrected chi connectivity index (χ1v) is 10.8. The van der Waals surface area contributed by atoms with Crippen LogP contribution in [0.5, 0.6) is 0 Å². The second-order valence-electron chi connectivity index (χ2n) is 7.22. The summed E-state index contributed by atoms with van der Waals surface area (Å²) in [6.07, 6.45) is 13.2. The van der Waals surface area contributed by atoms with Crippen molar-refractivity contribution in [2.75, 3.05) is 0 Å². The van der Waals surface area contributed by atoms with Gasteiger partial charge in [0.25, 0.3) is 5.91 Å². The molecule has 0 fully saturated rings. The Labute approximate surface area is 175 Å². The number of rotatable bonds is 3. The summed E-state index contributed by atoms with van der Waals surface area (Å²) in [6, 6.07) is 5.12. The van der Waals surface area contributed by atoms with Gasteiger partial charge in [-0.25, -0.2) is 5.43 Å². The van der Waals surface area contributed by atoms with Crippen LogP contribution in [0.25, 0.3) is 0 Å². The van der Waals surface area contributed by atoms with Crippen molar-refractivity contribution in [3.63, 3.8) is 0 Å². The molecular formula is C21H26Cl2N4O. The number of hydrazone groups is 1. The van der Waals surface area contributed by atoms with E-state index < -0.39 is 0 Å². The van der Waals surface area contributed by atoms with Crippen LogP contribution in [0.3, 0.4) is 0 Å². The van der Waals surface area contributed by atoms with Crippen molar-refractivity contribution in [1.29, 1.82) is 0 Å². The average Bonchev–Trinajstić information content (AvgIpc) is 3.06. The lowest BCUT2D eigenvalue weighted by Gasteiger charge is -2.08. The minimum atomic E-state index is -0.300. The number of H-pyrrole nitrogens is 1. The van der Waals surface area contributed by atoms with Crippen molar-refractivity contribution in [3.8, 4) is 0 Å². The number of carbonyl (C=O) groups is 1. The summed E-state index contributed by atoms with van der Waals surface area (Å²) < 4.78 is 0. The van der Waals surface area contributed by atoms with Crippen LogP contribution in [0.15, 0.2) is 23.3 Å². The number of aryl methyl sites for hydroxylation is 1. The van der Waals surface area contributed by atoms with Crippen LogP contribution >= 0.6 is 23.2 Å². The van der Waals surface area contributed by atoms with Crippen molar-refractivity contribution >= 4 is 35.3 Å². The number of hydrogen-bond acceptors (Lipinski definition) is 3. The van der Waals surface area contributed by atoms with Crippen molar-refractivity contribution in [3.05, 3.63) is 50.8 Å². The molecule has 0 spiro atoms. The molecule has 0 aliphatic heterocycles. The number of hydrogen-bond donors (Lipinski definition) is 2. The van der Waals surface area contributed by atoms with Crippen LogP contribution < -0.4 is 5.43 Å². The van der Waals surface area contributed by atoms with Gasteiger partial charge in [-0.1, -0.05) is 67.8 Å². The van der Waals surface area contributed by atoms with E-state index in [2.05, 4.69) is 20.7 Å². The van der Waals surface area contributed by atoms with Crippen LogP contribution in [-0.2, 0) is 12.8 Å². The fourth-order valence-corrected chi connectivity index (χ4v) is 4.01. The summed E-state index contributed by atoms with van der Waals surface area (Å²) in [4.78, 5) is 12.6. The largest absolute Gasteiger partial charge is 0.292 e. The molecule has 0 bridgehead atoms. The summed E-state index contributed by atoms with van der Waals surface area (Å²) in [5.74, 6) is -0.300. The van der Waals surface area contributed by atoms with Crippen molar-refractivity contribution < 1.29 is 4.79 Å². The lowest BCUT2D eigenvalue weighted by molar-refractivity contribution is 0.0949. The molecule has 0 unspecified atom stereocenters. The van der Waals surface area contributed by atoms with Crippen LogP contribution in [-0.4, -0.2) is 22.3 Å². The summed E-state index contributed by atoms with van der Waals surface area (Å²) in [7, 11) is 0. The van der Waals surface area contributed by atoms with Gasteiger partial charge in [0.1, 0.15) is 0 Å².